The lowest BCUT2D eigenvalue weighted by Crippen LogP contribution is -2.03. The summed E-state index contributed by atoms with van der Waals surface area (Å²) in [6.45, 7) is 0. The van der Waals surface area contributed by atoms with Crippen molar-refractivity contribution in [3.63, 3.8) is 0 Å². The third kappa shape index (κ3) is 2.11. The number of carbonyl (C=O) groups is 1. The molecule has 0 saturated carbocycles. The lowest BCUT2D eigenvalue weighted by molar-refractivity contribution is 0.104. The van der Waals surface area contributed by atoms with Crippen LogP contribution in [0, 0.1) is 0 Å². The number of carbonyl (C=O) groups excluding carboxylic acids is 1. The van der Waals surface area contributed by atoms with E-state index < -0.39 is 0 Å². The van der Waals surface area contributed by atoms with Crippen LogP contribution in [-0.2, 0) is 0 Å². The van der Waals surface area contributed by atoms with Crippen LogP contribution in [0.4, 0.5) is 5.69 Å². The fourth-order valence-corrected chi connectivity index (χ4v) is 2.30. The van der Waals surface area contributed by atoms with Crippen molar-refractivity contribution in [2.24, 2.45) is 0 Å². The van der Waals surface area contributed by atoms with Crippen LogP contribution >= 0.6 is 27.3 Å². The minimum Gasteiger partial charge on any atom is -0.398 e. The summed E-state index contributed by atoms with van der Waals surface area (Å²) in [5.41, 5.74) is 7.52. The van der Waals surface area contributed by atoms with Crippen LogP contribution in [0.1, 0.15) is 15.9 Å². The van der Waals surface area contributed by atoms with E-state index in [2.05, 4.69) is 15.9 Å². The van der Waals surface area contributed by atoms with Crippen LogP contribution in [0.5, 0.6) is 0 Å². The quantitative estimate of drug-likeness (QED) is 0.678. The number of thiophene rings is 1. The molecule has 0 fully saturated rings. The van der Waals surface area contributed by atoms with Gasteiger partial charge in [0, 0.05) is 26.7 Å². The van der Waals surface area contributed by atoms with E-state index >= 15 is 0 Å². The molecule has 1 aromatic carbocycles. The van der Waals surface area contributed by atoms with Crippen LogP contribution in [0.25, 0.3) is 0 Å². The molecule has 0 aliphatic heterocycles. The SMILES string of the molecule is Nc1cc(Br)ccc1C(=O)c1ccsc1. The lowest BCUT2D eigenvalue weighted by Gasteiger charge is -2.03. The number of ketones is 1. The van der Waals surface area contributed by atoms with E-state index in [-0.39, 0.29) is 5.78 Å². The highest BCUT2D eigenvalue weighted by molar-refractivity contribution is 9.10. The molecule has 0 bridgehead atoms. The largest absolute Gasteiger partial charge is 0.398 e. The summed E-state index contributed by atoms with van der Waals surface area (Å²) in [6.07, 6.45) is 0. The van der Waals surface area contributed by atoms with E-state index in [1.54, 1.807) is 18.2 Å². The van der Waals surface area contributed by atoms with Crippen molar-refractivity contribution in [1.82, 2.24) is 0 Å². The predicted molar refractivity (Wildman–Crippen MR) is 66.3 cm³/mol. The smallest absolute Gasteiger partial charge is 0.195 e. The molecule has 2 nitrogen and oxygen atoms in total. The summed E-state index contributed by atoms with van der Waals surface area (Å²) >= 11 is 4.81. The molecule has 2 N–H and O–H groups in total. The summed E-state index contributed by atoms with van der Waals surface area (Å²) in [5.74, 6) is -0.0266. The standard InChI is InChI=1S/C11H8BrNOS/c12-8-1-2-9(10(13)5-8)11(14)7-3-4-15-6-7/h1-6H,13H2. The molecule has 2 aromatic rings. The van der Waals surface area contributed by atoms with Gasteiger partial charge in [-0.1, -0.05) is 15.9 Å². The number of nitrogens with two attached hydrogens (primary N) is 1. The first kappa shape index (κ1) is 10.4. The molecule has 0 saturated heterocycles. The van der Waals surface area contributed by atoms with Gasteiger partial charge < -0.3 is 5.73 Å². The highest BCUT2D eigenvalue weighted by atomic mass is 79.9. The normalized spacial score (nSPS) is 10.2. The van der Waals surface area contributed by atoms with Crippen LogP contribution in [-0.4, -0.2) is 5.78 Å². The van der Waals surface area contributed by atoms with Crippen molar-refractivity contribution in [3.05, 3.63) is 50.6 Å². The van der Waals surface area contributed by atoms with E-state index in [4.69, 9.17) is 5.73 Å². The fourth-order valence-electron chi connectivity index (χ4n) is 1.29. The van der Waals surface area contributed by atoms with Gasteiger partial charge in [0.2, 0.25) is 0 Å². The number of anilines is 1. The highest BCUT2D eigenvalue weighted by Gasteiger charge is 2.12. The van der Waals surface area contributed by atoms with Gasteiger partial charge in [-0.2, -0.15) is 11.3 Å². The van der Waals surface area contributed by atoms with Crippen molar-refractivity contribution in [1.29, 1.82) is 0 Å². The van der Waals surface area contributed by atoms with Gasteiger partial charge in [-0.3, -0.25) is 4.79 Å². The summed E-state index contributed by atoms with van der Waals surface area (Å²) in [7, 11) is 0. The number of hydrogen-bond acceptors (Lipinski definition) is 3. The van der Waals surface area contributed by atoms with Crippen molar-refractivity contribution >= 4 is 38.7 Å². The summed E-state index contributed by atoms with van der Waals surface area (Å²) in [6, 6.07) is 7.09. The first-order valence-electron chi connectivity index (χ1n) is 4.30. The molecule has 15 heavy (non-hydrogen) atoms. The third-order valence-corrected chi connectivity index (χ3v) is 3.22. The Labute approximate surface area is 99.9 Å². The molecule has 1 heterocycles. The van der Waals surface area contributed by atoms with Crippen LogP contribution in [0.15, 0.2) is 39.5 Å². The van der Waals surface area contributed by atoms with Gasteiger partial charge >= 0.3 is 0 Å². The third-order valence-electron chi connectivity index (χ3n) is 2.04. The summed E-state index contributed by atoms with van der Waals surface area (Å²) in [4.78, 5) is 12.0. The first-order chi connectivity index (χ1) is 7.18. The van der Waals surface area contributed by atoms with E-state index in [0.29, 0.717) is 16.8 Å². The summed E-state index contributed by atoms with van der Waals surface area (Å²) in [5, 5.41) is 3.70. The fraction of sp³-hybridized carbons (Fsp3) is 0. The van der Waals surface area contributed by atoms with Crippen molar-refractivity contribution in [2.75, 3.05) is 5.73 Å². The monoisotopic (exact) mass is 281 g/mol. The molecule has 0 spiro atoms. The van der Waals surface area contributed by atoms with Crippen LogP contribution in [0.2, 0.25) is 0 Å². The van der Waals surface area contributed by atoms with Gasteiger partial charge in [0.25, 0.3) is 0 Å². The Morgan fingerprint density at radius 2 is 2.13 bits per heavy atom. The van der Waals surface area contributed by atoms with Crippen molar-refractivity contribution < 1.29 is 4.79 Å². The molecule has 0 atom stereocenters. The number of nitrogen functional groups attached to an aromatic ring is 1. The highest BCUT2D eigenvalue weighted by Crippen LogP contribution is 2.22. The van der Waals surface area contributed by atoms with Crippen molar-refractivity contribution in [2.45, 2.75) is 0 Å². The maximum Gasteiger partial charge on any atom is 0.195 e. The molecule has 2 rings (SSSR count). The van der Waals surface area contributed by atoms with Gasteiger partial charge in [-0.25, -0.2) is 0 Å². The number of rotatable bonds is 2. The Hall–Kier alpha value is -1.13. The first-order valence-corrected chi connectivity index (χ1v) is 6.04. The second-order valence-electron chi connectivity index (χ2n) is 3.07. The van der Waals surface area contributed by atoms with E-state index in [1.165, 1.54) is 11.3 Å². The second-order valence-corrected chi connectivity index (χ2v) is 4.77. The maximum atomic E-state index is 12.0. The lowest BCUT2D eigenvalue weighted by atomic mass is 10.0. The number of hydrogen-bond donors (Lipinski definition) is 1. The zero-order valence-electron chi connectivity index (χ0n) is 7.74. The summed E-state index contributed by atoms with van der Waals surface area (Å²) < 4.78 is 0.877. The van der Waals surface area contributed by atoms with Gasteiger partial charge in [0.1, 0.15) is 0 Å². The molecule has 1 aromatic heterocycles. The predicted octanol–water partition coefficient (Wildman–Crippen LogP) is 3.32. The number of halogens is 1. The molecule has 4 heteroatoms. The Morgan fingerprint density at radius 1 is 1.33 bits per heavy atom. The molecule has 0 unspecified atom stereocenters. The second kappa shape index (κ2) is 4.16. The molecule has 0 radical (unpaired) electrons. The number of benzene rings is 1. The molecule has 0 amide bonds. The van der Waals surface area contributed by atoms with E-state index in [9.17, 15) is 4.79 Å². The minimum absolute atomic E-state index is 0.0266. The Bertz CT molecular complexity index is 493. The van der Waals surface area contributed by atoms with E-state index in [1.807, 2.05) is 16.8 Å². The minimum atomic E-state index is -0.0266. The Morgan fingerprint density at radius 3 is 2.73 bits per heavy atom. The van der Waals surface area contributed by atoms with Crippen LogP contribution < -0.4 is 5.73 Å². The average molecular weight is 282 g/mol. The zero-order valence-corrected chi connectivity index (χ0v) is 10.1. The van der Waals surface area contributed by atoms with Gasteiger partial charge in [0.15, 0.2) is 5.78 Å². The van der Waals surface area contributed by atoms with Gasteiger partial charge in [-0.15, -0.1) is 0 Å². The van der Waals surface area contributed by atoms with Gasteiger partial charge in [-0.05, 0) is 29.6 Å². The average Bonchev–Trinajstić information content (AvgIpc) is 2.69. The maximum absolute atomic E-state index is 12.0. The topological polar surface area (TPSA) is 43.1 Å². The van der Waals surface area contributed by atoms with Gasteiger partial charge in [0.05, 0.1) is 0 Å². The Kier molecular flexibility index (Phi) is 2.88. The Balaban J connectivity index is 2.42. The molecular formula is C11H8BrNOS. The zero-order chi connectivity index (χ0) is 10.8. The molecule has 76 valence electrons. The molecule has 0 aliphatic rings. The van der Waals surface area contributed by atoms with Crippen molar-refractivity contribution in [3.8, 4) is 0 Å². The molecule has 0 aliphatic carbocycles. The van der Waals surface area contributed by atoms with E-state index in [0.717, 1.165) is 4.47 Å². The van der Waals surface area contributed by atoms with Crippen LogP contribution in [0.3, 0.4) is 0 Å². The molecular weight excluding hydrogens is 274 g/mol.